The summed E-state index contributed by atoms with van der Waals surface area (Å²) in [4.78, 5) is 20.6. The van der Waals surface area contributed by atoms with Gasteiger partial charge in [-0.15, -0.1) is 0 Å². The number of fused-ring (bicyclic) bond motifs is 1. The highest BCUT2D eigenvalue weighted by molar-refractivity contribution is 8.00. The Morgan fingerprint density at radius 2 is 2.22 bits per heavy atom. The number of anilines is 1. The van der Waals surface area contributed by atoms with Crippen molar-refractivity contribution in [1.82, 2.24) is 9.97 Å². The Kier molecular flexibility index (Phi) is 4.47. The molecule has 0 bridgehead atoms. The fourth-order valence-electron chi connectivity index (χ4n) is 1.95. The van der Waals surface area contributed by atoms with Crippen molar-refractivity contribution >= 4 is 34.6 Å². The molecule has 0 aliphatic heterocycles. The molecular formula is C16H15N3O3S. The number of nitrogens with one attached hydrogen (secondary N) is 1. The van der Waals surface area contributed by atoms with Crippen LogP contribution in [0, 0.1) is 0 Å². The zero-order chi connectivity index (χ0) is 16.2. The van der Waals surface area contributed by atoms with Crippen LogP contribution >= 0.6 is 11.8 Å². The molecule has 1 amide bonds. The van der Waals surface area contributed by atoms with Crippen molar-refractivity contribution in [3.63, 3.8) is 0 Å². The maximum atomic E-state index is 12.3. The highest BCUT2D eigenvalue weighted by atomic mass is 32.2. The number of aromatic nitrogens is 2. The minimum absolute atomic E-state index is 0.140. The van der Waals surface area contributed by atoms with Crippen LogP contribution in [0.4, 0.5) is 5.69 Å². The van der Waals surface area contributed by atoms with E-state index in [4.69, 9.17) is 9.15 Å². The van der Waals surface area contributed by atoms with Gasteiger partial charge in [0.15, 0.2) is 11.2 Å². The van der Waals surface area contributed by atoms with Gasteiger partial charge in [-0.1, -0.05) is 17.8 Å². The van der Waals surface area contributed by atoms with Gasteiger partial charge in [0.1, 0.15) is 5.75 Å². The summed E-state index contributed by atoms with van der Waals surface area (Å²) in [5.41, 5.74) is 1.83. The number of hydrogen-bond donors (Lipinski definition) is 1. The molecule has 3 rings (SSSR count). The number of amides is 1. The molecule has 2 heterocycles. The van der Waals surface area contributed by atoms with Crippen LogP contribution in [0.5, 0.6) is 5.75 Å². The molecule has 1 N–H and O–H groups in total. The summed E-state index contributed by atoms with van der Waals surface area (Å²) >= 11 is 1.25. The van der Waals surface area contributed by atoms with E-state index in [9.17, 15) is 4.79 Å². The lowest BCUT2D eigenvalue weighted by Crippen LogP contribution is -2.22. The first kappa shape index (κ1) is 15.4. The number of oxazole rings is 1. The molecule has 7 heteroatoms. The number of rotatable bonds is 5. The maximum Gasteiger partial charge on any atom is 0.259 e. The molecule has 0 aliphatic carbocycles. The summed E-state index contributed by atoms with van der Waals surface area (Å²) in [5, 5.41) is 2.90. The summed E-state index contributed by atoms with van der Waals surface area (Å²) in [6.07, 6.45) is 1.65. The lowest BCUT2D eigenvalue weighted by molar-refractivity contribution is -0.115. The Hall–Kier alpha value is -2.54. The molecule has 1 unspecified atom stereocenters. The van der Waals surface area contributed by atoms with Gasteiger partial charge in [0, 0.05) is 18.0 Å². The van der Waals surface area contributed by atoms with E-state index in [0.717, 1.165) is 0 Å². The maximum absolute atomic E-state index is 12.3. The molecule has 1 aromatic carbocycles. The van der Waals surface area contributed by atoms with Crippen LogP contribution in [0.15, 0.2) is 52.2 Å². The van der Waals surface area contributed by atoms with Crippen LogP contribution in [-0.2, 0) is 4.79 Å². The molecule has 0 spiro atoms. The number of carbonyl (C=O) groups is 1. The molecule has 0 radical (unpaired) electrons. The monoisotopic (exact) mass is 329 g/mol. The van der Waals surface area contributed by atoms with Gasteiger partial charge in [-0.3, -0.25) is 4.79 Å². The molecule has 23 heavy (non-hydrogen) atoms. The Labute approximate surface area is 137 Å². The van der Waals surface area contributed by atoms with Crippen LogP contribution in [0.1, 0.15) is 6.92 Å². The molecule has 0 aliphatic rings. The molecule has 0 saturated carbocycles. The Morgan fingerprint density at radius 3 is 3.00 bits per heavy atom. The molecular weight excluding hydrogens is 314 g/mol. The number of hydrogen-bond acceptors (Lipinski definition) is 6. The van der Waals surface area contributed by atoms with E-state index < -0.39 is 0 Å². The van der Waals surface area contributed by atoms with E-state index in [-0.39, 0.29) is 11.2 Å². The van der Waals surface area contributed by atoms with E-state index in [1.54, 1.807) is 44.5 Å². The second-order valence-electron chi connectivity index (χ2n) is 4.79. The van der Waals surface area contributed by atoms with Crippen molar-refractivity contribution in [3.05, 3.63) is 42.6 Å². The minimum atomic E-state index is -0.366. The number of carbonyl (C=O) groups excluding carboxylic acids is 1. The largest absolute Gasteiger partial charge is 0.497 e. The predicted molar refractivity (Wildman–Crippen MR) is 88.7 cm³/mol. The molecule has 118 valence electrons. The molecule has 0 saturated heterocycles. The van der Waals surface area contributed by atoms with Gasteiger partial charge in [0.05, 0.1) is 12.4 Å². The van der Waals surface area contributed by atoms with Crippen molar-refractivity contribution in [3.8, 4) is 5.75 Å². The van der Waals surface area contributed by atoms with E-state index >= 15 is 0 Å². The topological polar surface area (TPSA) is 77.2 Å². The first-order valence-electron chi connectivity index (χ1n) is 6.99. The van der Waals surface area contributed by atoms with Crippen LogP contribution in [0.3, 0.4) is 0 Å². The van der Waals surface area contributed by atoms with E-state index in [2.05, 4.69) is 15.3 Å². The smallest absolute Gasteiger partial charge is 0.259 e. The minimum Gasteiger partial charge on any atom is -0.497 e. The summed E-state index contributed by atoms with van der Waals surface area (Å²) in [7, 11) is 1.58. The molecule has 1 atom stereocenters. The van der Waals surface area contributed by atoms with Crippen molar-refractivity contribution in [2.45, 2.75) is 17.4 Å². The van der Waals surface area contributed by atoms with Gasteiger partial charge < -0.3 is 14.5 Å². The van der Waals surface area contributed by atoms with Gasteiger partial charge in [-0.05, 0) is 31.2 Å². The summed E-state index contributed by atoms with van der Waals surface area (Å²) in [6, 6.07) is 10.8. The fourth-order valence-corrected chi connectivity index (χ4v) is 2.69. The number of pyridine rings is 1. The number of methoxy groups -OCH3 is 1. The second-order valence-corrected chi connectivity index (χ2v) is 6.08. The van der Waals surface area contributed by atoms with Gasteiger partial charge in [0.25, 0.3) is 5.22 Å². The van der Waals surface area contributed by atoms with Crippen molar-refractivity contribution in [1.29, 1.82) is 0 Å². The Morgan fingerprint density at radius 1 is 1.35 bits per heavy atom. The third-order valence-electron chi connectivity index (χ3n) is 3.13. The average Bonchev–Trinajstić information content (AvgIpc) is 2.97. The van der Waals surface area contributed by atoms with Gasteiger partial charge >= 0.3 is 0 Å². The van der Waals surface area contributed by atoms with Crippen LogP contribution in [-0.4, -0.2) is 28.2 Å². The second kappa shape index (κ2) is 6.70. The number of benzene rings is 1. The van der Waals surface area contributed by atoms with E-state index in [1.807, 2.05) is 12.1 Å². The lowest BCUT2D eigenvalue weighted by atomic mass is 10.3. The van der Waals surface area contributed by atoms with Crippen molar-refractivity contribution in [2.24, 2.45) is 0 Å². The standard InChI is InChI=1S/C16H15N3O3S/c1-10(15(20)18-11-5-3-6-12(9-11)21-2)23-16-19-14-13(22-16)7-4-8-17-14/h3-10H,1-2H3,(H,18,20). The van der Waals surface area contributed by atoms with Gasteiger partial charge in [-0.25, -0.2) is 4.98 Å². The van der Waals surface area contributed by atoms with E-state index in [1.165, 1.54) is 11.8 Å². The quantitative estimate of drug-likeness (QED) is 0.723. The SMILES string of the molecule is COc1cccc(NC(=O)C(C)Sc2nc3ncccc3o2)c1. The Bertz CT molecular complexity index is 801. The first-order chi connectivity index (χ1) is 11.2. The highest BCUT2D eigenvalue weighted by Gasteiger charge is 2.18. The normalized spacial score (nSPS) is 12.1. The molecule has 3 aromatic rings. The first-order valence-corrected chi connectivity index (χ1v) is 7.87. The zero-order valence-corrected chi connectivity index (χ0v) is 13.5. The van der Waals surface area contributed by atoms with E-state index in [0.29, 0.717) is 27.9 Å². The summed E-state index contributed by atoms with van der Waals surface area (Å²) in [6.45, 7) is 1.79. The third-order valence-corrected chi connectivity index (χ3v) is 4.07. The average molecular weight is 329 g/mol. The van der Waals surface area contributed by atoms with Crippen molar-refractivity contribution in [2.75, 3.05) is 12.4 Å². The summed E-state index contributed by atoms with van der Waals surface area (Å²) in [5.74, 6) is 0.548. The molecule has 2 aromatic heterocycles. The highest BCUT2D eigenvalue weighted by Crippen LogP contribution is 2.26. The number of ether oxygens (including phenoxy) is 1. The fraction of sp³-hybridized carbons (Fsp3) is 0.188. The zero-order valence-electron chi connectivity index (χ0n) is 12.6. The summed E-state index contributed by atoms with van der Waals surface area (Å²) < 4.78 is 10.7. The van der Waals surface area contributed by atoms with Gasteiger partial charge in [0.2, 0.25) is 5.91 Å². The molecule has 6 nitrogen and oxygen atoms in total. The predicted octanol–water partition coefficient (Wildman–Crippen LogP) is 3.35. The van der Waals surface area contributed by atoms with Crippen LogP contribution < -0.4 is 10.1 Å². The van der Waals surface area contributed by atoms with Crippen LogP contribution in [0.2, 0.25) is 0 Å². The third kappa shape index (κ3) is 3.62. The number of thioether (sulfide) groups is 1. The van der Waals surface area contributed by atoms with Gasteiger partial charge in [-0.2, -0.15) is 4.98 Å². The Balaban J connectivity index is 1.67. The number of nitrogens with zero attached hydrogens (tertiary/aromatic N) is 2. The molecule has 0 fully saturated rings. The lowest BCUT2D eigenvalue weighted by Gasteiger charge is -2.10. The van der Waals surface area contributed by atoms with Crippen LogP contribution in [0.25, 0.3) is 11.2 Å². The van der Waals surface area contributed by atoms with Crippen molar-refractivity contribution < 1.29 is 13.9 Å².